The van der Waals surface area contributed by atoms with Gasteiger partial charge in [-0.25, -0.2) is 0 Å². The molecule has 1 aliphatic rings. The van der Waals surface area contributed by atoms with E-state index in [0.717, 1.165) is 48.0 Å². The lowest BCUT2D eigenvalue weighted by molar-refractivity contribution is 0.000364. The van der Waals surface area contributed by atoms with Crippen molar-refractivity contribution in [2.24, 2.45) is 0 Å². The van der Waals surface area contributed by atoms with Gasteiger partial charge in [0.05, 0.1) is 16.7 Å². The quantitative estimate of drug-likeness (QED) is 0.786. The summed E-state index contributed by atoms with van der Waals surface area (Å²) in [4.78, 5) is 0. The van der Waals surface area contributed by atoms with E-state index in [0.29, 0.717) is 19.0 Å². The molecule has 1 saturated carbocycles. The van der Waals surface area contributed by atoms with E-state index in [2.05, 4.69) is 21.2 Å². The van der Waals surface area contributed by atoms with Gasteiger partial charge >= 0.3 is 0 Å². The van der Waals surface area contributed by atoms with Crippen molar-refractivity contribution in [2.75, 3.05) is 20.3 Å². The number of aliphatic hydroxyl groups is 1. The van der Waals surface area contributed by atoms with Crippen LogP contribution in [-0.4, -0.2) is 31.0 Å². The number of halogens is 1. The molecule has 21 heavy (non-hydrogen) atoms. The first-order valence-corrected chi connectivity index (χ1v) is 8.32. The maximum absolute atomic E-state index is 10.4. The third-order valence-corrected chi connectivity index (χ3v) is 4.36. The summed E-state index contributed by atoms with van der Waals surface area (Å²) in [5, 5.41) is 13.5. The molecule has 0 unspecified atom stereocenters. The first-order chi connectivity index (χ1) is 10.1. The summed E-state index contributed by atoms with van der Waals surface area (Å²) in [5.74, 6) is 1.40. The smallest absolute Gasteiger partial charge is 0.175 e. The third-order valence-electron chi connectivity index (χ3n) is 3.77. The van der Waals surface area contributed by atoms with Crippen molar-refractivity contribution in [1.82, 2.24) is 5.32 Å². The topological polar surface area (TPSA) is 50.7 Å². The normalized spacial score (nSPS) is 17.0. The minimum absolute atomic E-state index is 0.317. The van der Waals surface area contributed by atoms with Crippen LogP contribution in [0.5, 0.6) is 11.5 Å². The van der Waals surface area contributed by atoms with Gasteiger partial charge in [0.25, 0.3) is 0 Å². The van der Waals surface area contributed by atoms with Crippen LogP contribution in [0.25, 0.3) is 0 Å². The molecule has 0 saturated heterocycles. The fraction of sp³-hybridized carbons (Fsp3) is 0.625. The van der Waals surface area contributed by atoms with Crippen LogP contribution in [0.4, 0.5) is 0 Å². The van der Waals surface area contributed by atoms with E-state index in [1.807, 2.05) is 26.1 Å². The van der Waals surface area contributed by atoms with E-state index in [-0.39, 0.29) is 0 Å². The van der Waals surface area contributed by atoms with Crippen LogP contribution in [0, 0.1) is 0 Å². The zero-order valence-corrected chi connectivity index (χ0v) is 14.3. The summed E-state index contributed by atoms with van der Waals surface area (Å²) < 4.78 is 12.4. The maximum atomic E-state index is 10.4. The highest BCUT2D eigenvalue weighted by Gasteiger charge is 2.32. The molecule has 0 heterocycles. The van der Waals surface area contributed by atoms with Gasteiger partial charge in [-0.2, -0.15) is 0 Å². The molecule has 0 atom stereocenters. The van der Waals surface area contributed by atoms with Crippen LogP contribution in [0.15, 0.2) is 16.6 Å². The Morgan fingerprint density at radius 2 is 2.00 bits per heavy atom. The number of benzene rings is 1. The monoisotopic (exact) mass is 357 g/mol. The molecule has 0 bridgehead atoms. The number of nitrogens with one attached hydrogen (secondary N) is 1. The van der Waals surface area contributed by atoms with Crippen molar-refractivity contribution in [1.29, 1.82) is 0 Å². The number of rotatable bonds is 7. The molecule has 2 N–H and O–H groups in total. The van der Waals surface area contributed by atoms with Gasteiger partial charge in [0.2, 0.25) is 0 Å². The third kappa shape index (κ3) is 4.34. The highest BCUT2D eigenvalue weighted by atomic mass is 79.9. The molecule has 4 nitrogen and oxygen atoms in total. The van der Waals surface area contributed by atoms with Gasteiger partial charge in [0, 0.05) is 6.54 Å². The number of ether oxygens (including phenoxy) is 2. The summed E-state index contributed by atoms with van der Waals surface area (Å²) in [6, 6.07) is 4.01. The van der Waals surface area contributed by atoms with E-state index in [1.165, 1.54) is 0 Å². The van der Waals surface area contributed by atoms with Gasteiger partial charge in [0.1, 0.15) is 6.61 Å². The molecule has 1 aromatic rings. The van der Waals surface area contributed by atoms with E-state index in [9.17, 15) is 5.11 Å². The molecule has 0 radical (unpaired) electrons. The predicted molar refractivity (Wildman–Crippen MR) is 87.0 cm³/mol. The van der Waals surface area contributed by atoms with Crippen molar-refractivity contribution in [3.05, 3.63) is 22.2 Å². The fourth-order valence-corrected chi connectivity index (χ4v) is 3.32. The fourth-order valence-electron chi connectivity index (χ4n) is 2.71. The van der Waals surface area contributed by atoms with E-state index >= 15 is 0 Å². The van der Waals surface area contributed by atoms with Gasteiger partial charge in [0.15, 0.2) is 11.5 Å². The molecular weight excluding hydrogens is 334 g/mol. The van der Waals surface area contributed by atoms with Crippen LogP contribution in [0.1, 0.15) is 38.2 Å². The highest BCUT2D eigenvalue weighted by Crippen LogP contribution is 2.38. The lowest BCUT2D eigenvalue weighted by Crippen LogP contribution is -2.32. The maximum Gasteiger partial charge on any atom is 0.175 e. The second-order valence-corrected chi connectivity index (χ2v) is 6.44. The molecule has 2 rings (SSSR count). The summed E-state index contributed by atoms with van der Waals surface area (Å²) in [6.07, 6.45) is 3.76. The Morgan fingerprint density at radius 3 is 2.62 bits per heavy atom. The summed E-state index contributed by atoms with van der Waals surface area (Å²) in [5.41, 5.74) is 0.437. The van der Waals surface area contributed by atoms with Crippen molar-refractivity contribution < 1.29 is 14.6 Å². The zero-order valence-electron chi connectivity index (χ0n) is 12.7. The summed E-state index contributed by atoms with van der Waals surface area (Å²) >= 11 is 3.55. The minimum Gasteiger partial charge on any atom is -0.490 e. The number of hydrogen-bond acceptors (Lipinski definition) is 4. The van der Waals surface area contributed by atoms with Crippen molar-refractivity contribution in [3.8, 4) is 11.5 Å². The molecule has 1 aromatic carbocycles. The lowest BCUT2D eigenvalue weighted by atomic mass is 10.0. The van der Waals surface area contributed by atoms with Crippen molar-refractivity contribution >= 4 is 15.9 Å². The molecule has 0 amide bonds. The van der Waals surface area contributed by atoms with E-state index in [4.69, 9.17) is 9.47 Å². The van der Waals surface area contributed by atoms with Crippen molar-refractivity contribution in [2.45, 2.75) is 44.8 Å². The Bertz CT molecular complexity index is 473. The summed E-state index contributed by atoms with van der Waals surface area (Å²) in [6.45, 7) is 3.61. The lowest BCUT2D eigenvalue weighted by Gasteiger charge is -2.24. The SMILES string of the molecule is CCOc1cc(CNC)cc(Br)c1OCC1(O)CCCC1. The second kappa shape index (κ2) is 7.47. The highest BCUT2D eigenvalue weighted by molar-refractivity contribution is 9.10. The van der Waals surface area contributed by atoms with Gasteiger partial charge < -0.3 is 19.9 Å². The zero-order chi connectivity index (χ0) is 15.3. The largest absolute Gasteiger partial charge is 0.490 e. The minimum atomic E-state index is -0.688. The van der Waals surface area contributed by atoms with Gasteiger partial charge in [-0.15, -0.1) is 0 Å². The van der Waals surface area contributed by atoms with Crippen LogP contribution in [-0.2, 0) is 6.54 Å². The Morgan fingerprint density at radius 1 is 1.29 bits per heavy atom. The van der Waals surface area contributed by atoms with Crippen LogP contribution in [0.3, 0.4) is 0 Å². The summed E-state index contributed by atoms with van der Waals surface area (Å²) in [7, 11) is 1.91. The Hall–Kier alpha value is -0.780. The van der Waals surface area contributed by atoms with Gasteiger partial charge in [-0.3, -0.25) is 0 Å². The first kappa shape index (κ1) is 16.6. The predicted octanol–water partition coefficient (Wildman–Crippen LogP) is 3.25. The molecule has 118 valence electrons. The first-order valence-electron chi connectivity index (χ1n) is 7.53. The Balaban J connectivity index is 2.16. The van der Waals surface area contributed by atoms with Gasteiger partial charge in [-0.05, 0) is 60.4 Å². The Labute approximate surface area is 135 Å². The average Bonchev–Trinajstić information content (AvgIpc) is 2.86. The van der Waals surface area contributed by atoms with Crippen LogP contribution in [0.2, 0.25) is 0 Å². The van der Waals surface area contributed by atoms with Crippen LogP contribution < -0.4 is 14.8 Å². The molecule has 0 aliphatic heterocycles. The van der Waals surface area contributed by atoms with E-state index < -0.39 is 5.60 Å². The second-order valence-electron chi connectivity index (χ2n) is 5.59. The molecule has 0 spiro atoms. The molecule has 5 heteroatoms. The molecule has 1 fully saturated rings. The Kier molecular flexibility index (Phi) is 5.90. The standard InChI is InChI=1S/C16H24BrNO3/c1-3-20-14-9-12(10-18-2)8-13(17)15(14)21-11-16(19)6-4-5-7-16/h8-9,18-19H,3-7,10-11H2,1-2H3. The van der Waals surface area contributed by atoms with Crippen LogP contribution >= 0.6 is 15.9 Å². The molecule has 1 aliphatic carbocycles. The van der Waals surface area contributed by atoms with Gasteiger partial charge in [-0.1, -0.05) is 12.8 Å². The number of hydrogen-bond donors (Lipinski definition) is 2. The van der Waals surface area contributed by atoms with Crippen molar-refractivity contribution in [3.63, 3.8) is 0 Å². The van der Waals surface area contributed by atoms with E-state index in [1.54, 1.807) is 0 Å². The molecule has 0 aromatic heterocycles. The average molecular weight is 358 g/mol. The molecular formula is C16H24BrNO3.